The van der Waals surface area contributed by atoms with E-state index in [0.29, 0.717) is 39.0 Å². The van der Waals surface area contributed by atoms with Gasteiger partial charge >= 0.3 is 12.0 Å². The van der Waals surface area contributed by atoms with E-state index >= 15 is 0 Å². The number of carbonyl (C=O) groups excluding carboxylic acids is 2. The molecule has 2 saturated heterocycles. The van der Waals surface area contributed by atoms with Gasteiger partial charge in [-0.25, -0.2) is 4.79 Å². The molecule has 0 aliphatic carbocycles. The molecule has 0 unspecified atom stereocenters. The molecule has 0 saturated carbocycles. The van der Waals surface area contributed by atoms with Crippen molar-refractivity contribution in [2.75, 3.05) is 32.7 Å². The molecule has 0 spiro atoms. The highest BCUT2D eigenvalue weighted by Crippen LogP contribution is 2.31. The van der Waals surface area contributed by atoms with Crippen molar-refractivity contribution in [1.82, 2.24) is 15.1 Å². The Hall–Kier alpha value is -1.79. The van der Waals surface area contributed by atoms with Crippen molar-refractivity contribution < 1.29 is 19.5 Å². The van der Waals surface area contributed by atoms with Crippen molar-refractivity contribution in [1.29, 1.82) is 0 Å². The number of likely N-dealkylation sites (tertiary alicyclic amines) is 1. The van der Waals surface area contributed by atoms with Crippen LogP contribution in [0, 0.1) is 5.41 Å². The third-order valence-corrected chi connectivity index (χ3v) is 4.19. The lowest BCUT2D eigenvalue weighted by molar-refractivity contribution is -0.150. The average molecular weight is 283 g/mol. The molecule has 7 heteroatoms. The minimum Gasteiger partial charge on any atom is -0.481 e. The highest BCUT2D eigenvalue weighted by atomic mass is 16.4. The number of carboxylic acid groups (broad SMARTS) is 1. The first-order valence-electron chi connectivity index (χ1n) is 6.96. The van der Waals surface area contributed by atoms with Gasteiger partial charge in [-0.3, -0.25) is 9.59 Å². The van der Waals surface area contributed by atoms with E-state index in [1.807, 2.05) is 0 Å². The fraction of sp³-hybridized carbons (Fsp3) is 0.769. The number of rotatable bonds is 1. The molecule has 0 radical (unpaired) electrons. The normalized spacial score (nSPS) is 22.9. The summed E-state index contributed by atoms with van der Waals surface area (Å²) in [6, 6.07) is -0.158. The second kappa shape index (κ2) is 5.68. The summed E-state index contributed by atoms with van der Waals surface area (Å²) < 4.78 is 0. The number of aliphatic carboxylic acids is 1. The van der Waals surface area contributed by atoms with Crippen LogP contribution in [0.4, 0.5) is 4.79 Å². The van der Waals surface area contributed by atoms with Crippen molar-refractivity contribution >= 4 is 17.9 Å². The van der Waals surface area contributed by atoms with Crippen LogP contribution >= 0.6 is 0 Å². The van der Waals surface area contributed by atoms with Crippen LogP contribution in [0.3, 0.4) is 0 Å². The molecule has 0 atom stereocenters. The Morgan fingerprint density at radius 1 is 1.20 bits per heavy atom. The van der Waals surface area contributed by atoms with Gasteiger partial charge in [0, 0.05) is 26.2 Å². The largest absolute Gasteiger partial charge is 0.481 e. The molecule has 2 aliphatic rings. The first-order chi connectivity index (χ1) is 9.42. The van der Waals surface area contributed by atoms with Gasteiger partial charge in [0.25, 0.3) is 0 Å². The predicted molar refractivity (Wildman–Crippen MR) is 71.1 cm³/mol. The minimum atomic E-state index is -0.807. The lowest BCUT2D eigenvalue weighted by Crippen LogP contribution is -2.51. The van der Waals surface area contributed by atoms with Crippen LogP contribution in [0.2, 0.25) is 0 Å². The summed E-state index contributed by atoms with van der Waals surface area (Å²) in [5.41, 5.74) is -0.743. The summed E-state index contributed by atoms with van der Waals surface area (Å²) in [6.45, 7) is 3.82. The molecule has 112 valence electrons. The molecular weight excluding hydrogens is 262 g/mol. The molecule has 2 rings (SSSR count). The van der Waals surface area contributed by atoms with Crippen molar-refractivity contribution in [2.45, 2.75) is 26.2 Å². The number of carboxylic acids is 1. The van der Waals surface area contributed by atoms with E-state index in [2.05, 4.69) is 5.32 Å². The van der Waals surface area contributed by atoms with E-state index in [9.17, 15) is 19.5 Å². The van der Waals surface area contributed by atoms with Crippen LogP contribution in [0.1, 0.15) is 26.2 Å². The molecule has 0 aromatic heterocycles. The zero-order valence-electron chi connectivity index (χ0n) is 11.7. The number of nitrogens with zero attached hydrogens (tertiary/aromatic N) is 2. The summed E-state index contributed by atoms with van der Waals surface area (Å²) in [6.07, 6.45) is 1.65. The van der Waals surface area contributed by atoms with Gasteiger partial charge in [0.05, 0.1) is 5.41 Å². The number of amides is 3. The molecule has 2 N–H and O–H groups in total. The Labute approximate surface area is 117 Å². The minimum absolute atomic E-state index is 0.0888. The van der Waals surface area contributed by atoms with E-state index in [-0.39, 0.29) is 18.5 Å². The second-order valence-electron chi connectivity index (χ2n) is 5.76. The van der Waals surface area contributed by atoms with Crippen molar-refractivity contribution in [2.24, 2.45) is 5.41 Å². The standard InChI is InChI=1S/C13H21N3O4/c1-13(11(18)19)3-7-15(8-4-13)12(20)16-6-2-5-14-10(17)9-16/h2-9H2,1H3,(H,14,17)(H,18,19). The van der Waals surface area contributed by atoms with Crippen LogP contribution in [-0.2, 0) is 9.59 Å². The topological polar surface area (TPSA) is 89.9 Å². The van der Waals surface area contributed by atoms with Gasteiger partial charge in [0.2, 0.25) is 5.91 Å². The summed E-state index contributed by atoms with van der Waals surface area (Å²) in [5.74, 6) is -0.943. The molecule has 0 aromatic rings. The van der Waals surface area contributed by atoms with E-state index in [0.717, 1.165) is 6.42 Å². The molecule has 0 aromatic carbocycles. The third-order valence-electron chi connectivity index (χ3n) is 4.19. The van der Waals surface area contributed by atoms with Gasteiger partial charge in [0.15, 0.2) is 0 Å². The maximum atomic E-state index is 12.4. The monoisotopic (exact) mass is 283 g/mol. The number of piperidine rings is 1. The van der Waals surface area contributed by atoms with E-state index in [1.54, 1.807) is 16.7 Å². The summed E-state index contributed by atoms with van der Waals surface area (Å²) >= 11 is 0. The number of hydrogen-bond acceptors (Lipinski definition) is 3. The Bertz CT molecular complexity index is 416. The van der Waals surface area contributed by atoms with Crippen LogP contribution < -0.4 is 5.32 Å². The van der Waals surface area contributed by atoms with Crippen LogP contribution in [0.25, 0.3) is 0 Å². The van der Waals surface area contributed by atoms with E-state index in [1.165, 1.54) is 0 Å². The first-order valence-corrected chi connectivity index (χ1v) is 6.96. The van der Waals surface area contributed by atoms with Gasteiger partial charge in [-0.1, -0.05) is 0 Å². The van der Waals surface area contributed by atoms with Crippen molar-refractivity contribution in [3.05, 3.63) is 0 Å². The molecule has 20 heavy (non-hydrogen) atoms. The first kappa shape index (κ1) is 14.6. The van der Waals surface area contributed by atoms with Crippen LogP contribution in [0.5, 0.6) is 0 Å². The van der Waals surface area contributed by atoms with Crippen LogP contribution in [-0.4, -0.2) is 65.5 Å². The smallest absolute Gasteiger partial charge is 0.320 e. The van der Waals surface area contributed by atoms with Crippen LogP contribution in [0.15, 0.2) is 0 Å². The summed E-state index contributed by atoms with van der Waals surface area (Å²) in [4.78, 5) is 38.2. The fourth-order valence-corrected chi connectivity index (χ4v) is 2.57. The summed E-state index contributed by atoms with van der Waals surface area (Å²) in [7, 11) is 0. The molecule has 2 fully saturated rings. The van der Waals surface area contributed by atoms with Gasteiger partial charge in [-0.2, -0.15) is 0 Å². The highest BCUT2D eigenvalue weighted by molar-refractivity contribution is 5.84. The number of hydrogen-bond donors (Lipinski definition) is 2. The Morgan fingerprint density at radius 3 is 2.45 bits per heavy atom. The van der Waals surface area contributed by atoms with E-state index in [4.69, 9.17) is 0 Å². The van der Waals surface area contributed by atoms with Crippen molar-refractivity contribution in [3.8, 4) is 0 Å². The summed E-state index contributed by atoms with van der Waals surface area (Å²) in [5, 5.41) is 11.9. The van der Waals surface area contributed by atoms with Crippen molar-refractivity contribution in [3.63, 3.8) is 0 Å². The maximum absolute atomic E-state index is 12.4. The zero-order chi connectivity index (χ0) is 14.8. The Morgan fingerprint density at radius 2 is 1.85 bits per heavy atom. The SMILES string of the molecule is CC1(C(=O)O)CCN(C(=O)N2CCCNC(=O)C2)CC1. The van der Waals surface area contributed by atoms with Gasteiger partial charge in [0.1, 0.15) is 6.54 Å². The average Bonchev–Trinajstić information content (AvgIpc) is 2.63. The molecular formula is C13H21N3O4. The lowest BCUT2D eigenvalue weighted by Gasteiger charge is -2.38. The fourth-order valence-electron chi connectivity index (χ4n) is 2.57. The Kier molecular flexibility index (Phi) is 4.15. The van der Waals surface area contributed by atoms with Gasteiger partial charge in [-0.15, -0.1) is 0 Å². The quantitative estimate of drug-likeness (QED) is 0.715. The molecule has 3 amide bonds. The predicted octanol–water partition coefficient (Wildman–Crippen LogP) is 0.115. The molecule has 7 nitrogen and oxygen atoms in total. The number of carbonyl (C=O) groups is 3. The van der Waals surface area contributed by atoms with Gasteiger partial charge in [-0.05, 0) is 26.2 Å². The lowest BCUT2D eigenvalue weighted by atomic mass is 9.80. The van der Waals surface area contributed by atoms with Gasteiger partial charge < -0.3 is 20.2 Å². The van der Waals surface area contributed by atoms with E-state index < -0.39 is 11.4 Å². The maximum Gasteiger partial charge on any atom is 0.320 e. The molecule has 0 bridgehead atoms. The molecule has 2 aliphatic heterocycles. The molecule has 2 heterocycles. The second-order valence-corrected chi connectivity index (χ2v) is 5.76. The number of nitrogens with one attached hydrogen (secondary N) is 1. The zero-order valence-corrected chi connectivity index (χ0v) is 11.7. The third kappa shape index (κ3) is 3.02. The number of urea groups is 1. The Balaban J connectivity index is 1.94. The highest BCUT2D eigenvalue weighted by Gasteiger charge is 2.39.